The number of benzene rings is 2. The molecule has 0 saturated heterocycles. The third-order valence-corrected chi connectivity index (χ3v) is 4.57. The third kappa shape index (κ3) is 3.60. The first-order chi connectivity index (χ1) is 11.0. The molecule has 1 heterocycles. The number of nitrogens with one attached hydrogen (secondary N) is 1. The largest absolute Gasteiger partial charge is 0.421 e. The van der Waals surface area contributed by atoms with Crippen molar-refractivity contribution in [2.75, 3.05) is 4.72 Å². The lowest BCUT2D eigenvalue weighted by Gasteiger charge is -2.09. The molecule has 0 saturated carbocycles. The van der Waals surface area contributed by atoms with Gasteiger partial charge >= 0.3 is 0 Å². The van der Waals surface area contributed by atoms with E-state index in [0.29, 0.717) is 21.7 Å². The van der Waals surface area contributed by atoms with Gasteiger partial charge in [-0.3, -0.25) is 0 Å². The van der Waals surface area contributed by atoms with E-state index in [0.717, 1.165) is 16.8 Å². The van der Waals surface area contributed by atoms with Gasteiger partial charge in [-0.1, -0.05) is 11.6 Å². The molecule has 0 radical (unpaired) electrons. The van der Waals surface area contributed by atoms with E-state index in [-0.39, 0.29) is 0 Å². The van der Waals surface area contributed by atoms with E-state index in [9.17, 15) is 4.21 Å². The predicted octanol–water partition coefficient (Wildman–Crippen LogP) is 4.14. The molecule has 1 aromatic heterocycles. The first-order valence-electron chi connectivity index (χ1n) is 6.88. The smallest absolute Gasteiger partial charge is 0.247 e. The Balaban J connectivity index is 1.77. The Bertz CT molecular complexity index is 862. The van der Waals surface area contributed by atoms with Crippen LogP contribution in [0.1, 0.15) is 11.5 Å². The molecule has 1 atom stereocenters. The van der Waals surface area contributed by atoms with Crippen LogP contribution >= 0.6 is 11.6 Å². The molecule has 1 N–H and O–H groups in total. The Morgan fingerprint density at radius 1 is 1.09 bits per heavy atom. The molecular weight excluding hydrogens is 334 g/mol. The van der Waals surface area contributed by atoms with E-state index in [2.05, 4.69) is 14.9 Å². The summed E-state index contributed by atoms with van der Waals surface area (Å²) in [6.07, 6.45) is 0. The van der Waals surface area contributed by atoms with E-state index >= 15 is 0 Å². The quantitative estimate of drug-likeness (QED) is 0.770. The van der Waals surface area contributed by atoms with Crippen LogP contribution in [0, 0.1) is 13.8 Å². The van der Waals surface area contributed by atoms with Crippen LogP contribution in [0.5, 0.6) is 0 Å². The van der Waals surface area contributed by atoms with Crippen molar-refractivity contribution in [1.29, 1.82) is 0 Å². The second-order valence-electron chi connectivity index (χ2n) is 4.98. The highest BCUT2D eigenvalue weighted by Crippen LogP contribution is 2.23. The molecule has 1 unspecified atom stereocenters. The molecule has 0 bridgehead atoms. The van der Waals surface area contributed by atoms with Gasteiger partial charge in [0.1, 0.15) is 11.0 Å². The number of halogens is 1. The Hall–Kier alpha value is -2.18. The lowest BCUT2D eigenvalue weighted by Crippen LogP contribution is -2.05. The second-order valence-corrected chi connectivity index (χ2v) is 6.63. The van der Waals surface area contributed by atoms with Crippen molar-refractivity contribution in [2.24, 2.45) is 0 Å². The van der Waals surface area contributed by atoms with Crippen LogP contribution in [-0.2, 0) is 11.0 Å². The van der Waals surface area contributed by atoms with Gasteiger partial charge in [0.15, 0.2) is 0 Å². The molecule has 23 heavy (non-hydrogen) atoms. The van der Waals surface area contributed by atoms with Crippen LogP contribution in [0.2, 0.25) is 5.02 Å². The molecule has 5 nitrogen and oxygen atoms in total. The van der Waals surface area contributed by atoms with Crippen LogP contribution in [0.25, 0.3) is 11.5 Å². The molecule has 0 amide bonds. The van der Waals surface area contributed by atoms with Crippen LogP contribution in [0.15, 0.2) is 51.8 Å². The maximum Gasteiger partial charge on any atom is 0.247 e. The first kappa shape index (κ1) is 15.7. The lowest BCUT2D eigenvalue weighted by atomic mass is 10.2. The predicted molar refractivity (Wildman–Crippen MR) is 90.7 cm³/mol. The highest BCUT2D eigenvalue weighted by atomic mass is 35.5. The van der Waals surface area contributed by atoms with Crippen LogP contribution in [0.4, 0.5) is 5.69 Å². The number of hydrogen-bond acceptors (Lipinski definition) is 4. The summed E-state index contributed by atoms with van der Waals surface area (Å²) >= 11 is 5.92. The fraction of sp³-hybridized carbons (Fsp3) is 0.125. The summed E-state index contributed by atoms with van der Waals surface area (Å²) < 4.78 is 20.8. The molecule has 3 rings (SSSR count). The summed E-state index contributed by atoms with van der Waals surface area (Å²) in [6, 6.07) is 12.5. The Kier molecular flexibility index (Phi) is 4.45. The van der Waals surface area contributed by atoms with Crippen molar-refractivity contribution >= 4 is 28.3 Å². The first-order valence-corrected chi connectivity index (χ1v) is 8.41. The standard InChI is InChI=1S/C16H14ClN3O2S/c1-10-9-13(17)5-8-15(10)20-23(21)14-6-3-12(4-7-14)16-19-18-11(2)22-16/h3-9,20H,1-2H3. The zero-order chi connectivity index (χ0) is 16.4. The van der Waals surface area contributed by atoms with Crippen molar-refractivity contribution < 1.29 is 8.63 Å². The van der Waals surface area contributed by atoms with Crippen molar-refractivity contribution in [3.05, 3.63) is 58.9 Å². The second kappa shape index (κ2) is 6.52. The van der Waals surface area contributed by atoms with E-state index in [1.165, 1.54) is 0 Å². The summed E-state index contributed by atoms with van der Waals surface area (Å²) in [7, 11) is -1.37. The average molecular weight is 348 g/mol. The van der Waals surface area contributed by atoms with Crippen LogP contribution in [0.3, 0.4) is 0 Å². The number of aryl methyl sites for hydroxylation is 2. The fourth-order valence-electron chi connectivity index (χ4n) is 2.03. The minimum absolute atomic E-state index is 0.446. The number of hydrogen-bond donors (Lipinski definition) is 1. The molecule has 2 aromatic carbocycles. The summed E-state index contributed by atoms with van der Waals surface area (Å²) in [5.41, 5.74) is 2.50. The minimum Gasteiger partial charge on any atom is -0.421 e. The van der Waals surface area contributed by atoms with Crippen molar-refractivity contribution in [1.82, 2.24) is 10.2 Å². The molecule has 7 heteroatoms. The summed E-state index contributed by atoms with van der Waals surface area (Å²) in [5.74, 6) is 0.953. The topological polar surface area (TPSA) is 68.0 Å². The summed E-state index contributed by atoms with van der Waals surface area (Å²) in [6.45, 7) is 3.64. The molecule has 0 aliphatic rings. The van der Waals surface area contributed by atoms with Gasteiger partial charge in [-0.25, -0.2) is 4.21 Å². The number of aromatic nitrogens is 2. The lowest BCUT2D eigenvalue weighted by molar-refractivity contribution is 0.532. The van der Waals surface area contributed by atoms with Gasteiger partial charge in [-0.05, 0) is 55.0 Å². The molecule has 0 aliphatic carbocycles. The normalized spacial score (nSPS) is 12.1. The fourth-order valence-corrected chi connectivity index (χ4v) is 3.19. The van der Waals surface area contributed by atoms with E-state index in [1.54, 1.807) is 37.3 Å². The molecule has 3 aromatic rings. The van der Waals surface area contributed by atoms with Gasteiger partial charge in [-0.15, -0.1) is 10.2 Å². The van der Waals surface area contributed by atoms with Gasteiger partial charge in [0, 0.05) is 23.2 Å². The zero-order valence-electron chi connectivity index (χ0n) is 12.5. The summed E-state index contributed by atoms with van der Waals surface area (Å²) in [4.78, 5) is 0.652. The summed E-state index contributed by atoms with van der Waals surface area (Å²) in [5, 5.41) is 8.40. The maximum absolute atomic E-state index is 12.4. The average Bonchev–Trinajstić information content (AvgIpc) is 2.97. The molecule has 0 aliphatic heterocycles. The Labute approximate surface area is 141 Å². The highest BCUT2D eigenvalue weighted by Gasteiger charge is 2.09. The number of rotatable bonds is 4. The minimum atomic E-state index is -1.37. The SMILES string of the molecule is Cc1nnc(-c2ccc(S(=O)Nc3ccc(Cl)cc3C)cc2)o1. The third-order valence-electron chi connectivity index (χ3n) is 3.23. The zero-order valence-corrected chi connectivity index (χ0v) is 14.1. The van der Waals surface area contributed by atoms with Crippen LogP contribution < -0.4 is 4.72 Å². The number of nitrogens with zero attached hydrogens (tertiary/aromatic N) is 2. The van der Waals surface area contributed by atoms with E-state index in [1.807, 2.05) is 19.1 Å². The molecule has 118 valence electrons. The van der Waals surface area contributed by atoms with Gasteiger partial charge in [-0.2, -0.15) is 0 Å². The van der Waals surface area contributed by atoms with Crippen LogP contribution in [-0.4, -0.2) is 14.4 Å². The van der Waals surface area contributed by atoms with E-state index < -0.39 is 11.0 Å². The maximum atomic E-state index is 12.4. The Morgan fingerprint density at radius 3 is 2.43 bits per heavy atom. The van der Waals surface area contributed by atoms with Gasteiger partial charge in [0.2, 0.25) is 11.8 Å². The highest BCUT2D eigenvalue weighted by molar-refractivity contribution is 7.86. The monoisotopic (exact) mass is 347 g/mol. The van der Waals surface area contributed by atoms with Crippen molar-refractivity contribution in [3.8, 4) is 11.5 Å². The van der Waals surface area contributed by atoms with Gasteiger partial charge in [0.25, 0.3) is 0 Å². The van der Waals surface area contributed by atoms with Crippen molar-refractivity contribution in [2.45, 2.75) is 18.7 Å². The van der Waals surface area contributed by atoms with E-state index in [4.69, 9.17) is 16.0 Å². The molecule has 0 fully saturated rings. The van der Waals surface area contributed by atoms with Gasteiger partial charge < -0.3 is 9.14 Å². The number of anilines is 1. The van der Waals surface area contributed by atoms with Crippen molar-refractivity contribution in [3.63, 3.8) is 0 Å². The van der Waals surface area contributed by atoms with Gasteiger partial charge in [0.05, 0.1) is 4.90 Å². The Morgan fingerprint density at radius 2 is 1.83 bits per heavy atom. The molecular formula is C16H14ClN3O2S. The molecule has 0 spiro atoms.